The number of amides is 2. The van der Waals surface area contributed by atoms with E-state index in [1.165, 1.54) is 12.5 Å². The first-order valence-electron chi connectivity index (χ1n) is 6.52. The molecule has 2 N–H and O–H groups in total. The lowest BCUT2D eigenvalue weighted by molar-refractivity contribution is 0.0696. The molecule has 2 rings (SSSR count). The highest BCUT2D eigenvalue weighted by Gasteiger charge is 2.15. The number of aromatic carboxylic acids is 1. The lowest BCUT2D eigenvalue weighted by atomic mass is 10.1. The van der Waals surface area contributed by atoms with Gasteiger partial charge in [0.1, 0.15) is 0 Å². The lowest BCUT2D eigenvalue weighted by Crippen LogP contribution is -2.42. The zero-order valence-corrected chi connectivity index (χ0v) is 10.8. The second-order valence-electron chi connectivity index (χ2n) is 4.71. The molecule has 5 heteroatoms. The van der Waals surface area contributed by atoms with Crippen molar-refractivity contribution in [2.75, 3.05) is 13.1 Å². The number of piperidine rings is 1. The molecule has 0 spiro atoms. The van der Waals surface area contributed by atoms with E-state index in [-0.39, 0.29) is 11.6 Å². The van der Waals surface area contributed by atoms with Gasteiger partial charge in [0.2, 0.25) is 0 Å². The Morgan fingerprint density at radius 3 is 2.63 bits per heavy atom. The van der Waals surface area contributed by atoms with Crippen molar-refractivity contribution >= 4 is 12.0 Å². The summed E-state index contributed by atoms with van der Waals surface area (Å²) < 4.78 is 0. The fourth-order valence-corrected chi connectivity index (χ4v) is 2.20. The van der Waals surface area contributed by atoms with Gasteiger partial charge in [0, 0.05) is 19.6 Å². The first-order chi connectivity index (χ1) is 9.16. The molecule has 1 aromatic rings. The molecule has 0 unspecified atom stereocenters. The van der Waals surface area contributed by atoms with Crippen molar-refractivity contribution in [3.05, 3.63) is 35.4 Å². The number of nitrogens with zero attached hydrogens (tertiary/aromatic N) is 1. The van der Waals surface area contributed by atoms with Crippen molar-refractivity contribution in [2.45, 2.75) is 25.8 Å². The molecule has 19 heavy (non-hydrogen) atoms. The van der Waals surface area contributed by atoms with Gasteiger partial charge in [0.05, 0.1) is 5.56 Å². The maximum atomic E-state index is 11.9. The second-order valence-corrected chi connectivity index (χ2v) is 4.71. The molecule has 102 valence electrons. The average molecular weight is 262 g/mol. The van der Waals surface area contributed by atoms with Gasteiger partial charge in [-0.25, -0.2) is 9.59 Å². The van der Waals surface area contributed by atoms with E-state index in [0.29, 0.717) is 6.54 Å². The molecule has 1 aromatic carbocycles. The molecule has 2 amide bonds. The van der Waals surface area contributed by atoms with Crippen LogP contribution in [-0.4, -0.2) is 35.1 Å². The summed E-state index contributed by atoms with van der Waals surface area (Å²) in [7, 11) is 0. The lowest BCUT2D eigenvalue weighted by Gasteiger charge is -2.26. The summed E-state index contributed by atoms with van der Waals surface area (Å²) in [6.07, 6.45) is 3.30. The molecular formula is C14H18N2O3. The van der Waals surface area contributed by atoms with Crippen molar-refractivity contribution in [2.24, 2.45) is 0 Å². The van der Waals surface area contributed by atoms with E-state index in [1.54, 1.807) is 12.1 Å². The van der Waals surface area contributed by atoms with E-state index in [2.05, 4.69) is 5.32 Å². The van der Waals surface area contributed by atoms with Crippen molar-refractivity contribution < 1.29 is 14.7 Å². The number of nitrogens with one attached hydrogen (secondary N) is 1. The number of likely N-dealkylation sites (tertiary alicyclic amines) is 1. The third-order valence-electron chi connectivity index (χ3n) is 3.26. The maximum Gasteiger partial charge on any atom is 0.335 e. The third-order valence-corrected chi connectivity index (χ3v) is 3.26. The van der Waals surface area contributed by atoms with Gasteiger partial charge in [-0.3, -0.25) is 0 Å². The fraction of sp³-hybridized carbons (Fsp3) is 0.429. The average Bonchev–Trinajstić information content (AvgIpc) is 2.46. The molecular weight excluding hydrogens is 244 g/mol. The summed E-state index contributed by atoms with van der Waals surface area (Å²) >= 11 is 0. The van der Waals surface area contributed by atoms with Gasteiger partial charge in [-0.2, -0.15) is 0 Å². The summed E-state index contributed by atoms with van der Waals surface area (Å²) in [6, 6.07) is 6.55. The van der Waals surface area contributed by atoms with Gasteiger partial charge in [0.15, 0.2) is 0 Å². The Labute approximate surface area is 112 Å². The van der Waals surface area contributed by atoms with Crippen LogP contribution in [-0.2, 0) is 6.54 Å². The maximum absolute atomic E-state index is 11.9. The number of carbonyl (C=O) groups excluding carboxylic acids is 1. The van der Waals surface area contributed by atoms with Crippen molar-refractivity contribution in [1.29, 1.82) is 0 Å². The minimum absolute atomic E-state index is 0.0690. The highest BCUT2D eigenvalue weighted by molar-refractivity contribution is 5.87. The van der Waals surface area contributed by atoms with E-state index in [0.717, 1.165) is 31.5 Å². The molecule has 0 atom stereocenters. The highest BCUT2D eigenvalue weighted by Crippen LogP contribution is 2.09. The number of carboxylic acids is 1. The van der Waals surface area contributed by atoms with E-state index in [1.807, 2.05) is 11.0 Å². The van der Waals surface area contributed by atoms with Crippen molar-refractivity contribution in [1.82, 2.24) is 10.2 Å². The molecule has 1 aliphatic rings. The Morgan fingerprint density at radius 2 is 1.95 bits per heavy atom. The molecule has 1 heterocycles. The van der Waals surface area contributed by atoms with Crippen LogP contribution in [0.25, 0.3) is 0 Å². The van der Waals surface area contributed by atoms with Crippen molar-refractivity contribution in [3.8, 4) is 0 Å². The van der Waals surface area contributed by atoms with Gasteiger partial charge in [-0.05, 0) is 37.0 Å². The Bertz CT molecular complexity index is 468. The predicted molar refractivity (Wildman–Crippen MR) is 71.1 cm³/mol. The summed E-state index contributed by atoms with van der Waals surface area (Å²) in [5, 5.41) is 11.7. The topological polar surface area (TPSA) is 69.6 Å². The second kappa shape index (κ2) is 6.22. The van der Waals surface area contributed by atoms with Crippen LogP contribution in [0.4, 0.5) is 4.79 Å². The summed E-state index contributed by atoms with van der Waals surface area (Å²) in [6.45, 7) is 1.97. The highest BCUT2D eigenvalue weighted by atomic mass is 16.4. The fourth-order valence-electron chi connectivity index (χ4n) is 2.20. The molecule has 0 aromatic heterocycles. The molecule has 5 nitrogen and oxygen atoms in total. The summed E-state index contributed by atoms with van der Waals surface area (Å²) in [5.74, 6) is -0.954. The van der Waals surface area contributed by atoms with Crippen LogP contribution in [0, 0.1) is 0 Å². The van der Waals surface area contributed by atoms with Crippen LogP contribution >= 0.6 is 0 Å². The van der Waals surface area contributed by atoms with Crippen LogP contribution in [0.3, 0.4) is 0 Å². The first kappa shape index (κ1) is 13.4. The molecule has 0 radical (unpaired) electrons. The first-order valence-corrected chi connectivity index (χ1v) is 6.52. The van der Waals surface area contributed by atoms with Crippen molar-refractivity contribution in [3.63, 3.8) is 0 Å². The van der Waals surface area contributed by atoms with Gasteiger partial charge < -0.3 is 15.3 Å². The SMILES string of the molecule is O=C(O)c1cccc(CNC(=O)N2CCCCC2)c1. The number of carbonyl (C=O) groups is 2. The van der Waals surface area contributed by atoms with Gasteiger partial charge >= 0.3 is 12.0 Å². The quantitative estimate of drug-likeness (QED) is 0.876. The molecule has 1 saturated heterocycles. The van der Waals surface area contributed by atoms with E-state index < -0.39 is 5.97 Å². The summed E-state index contributed by atoms with van der Waals surface area (Å²) in [4.78, 5) is 24.5. The number of urea groups is 1. The molecule has 0 saturated carbocycles. The largest absolute Gasteiger partial charge is 0.478 e. The van der Waals surface area contributed by atoms with Crippen LogP contribution in [0.15, 0.2) is 24.3 Å². The third kappa shape index (κ3) is 3.71. The monoisotopic (exact) mass is 262 g/mol. The zero-order valence-electron chi connectivity index (χ0n) is 10.8. The Balaban J connectivity index is 1.89. The number of carboxylic acid groups (broad SMARTS) is 1. The number of hydrogen-bond acceptors (Lipinski definition) is 2. The van der Waals surface area contributed by atoms with Gasteiger partial charge in [-0.15, -0.1) is 0 Å². The van der Waals surface area contributed by atoms with Crippen LogP contribution in [0.1, 0.15) is 35.2 Å². The number of hydrogen-bond donors (Lipinski definition) is 2. The molecule has 1 aliphatic heterocycles. The van der Waals surface area contributed by atoms with E-state index >= 15 is 0 Å². The Morgan fingerprint density at radius 1 is 1.21 bits per heavy atom. The molecule has 0 aliphatic carbocycles. The van der Waals surface area contributed by atoms with E-state index in [4.69, 9.17) is 5.11 Å². The standard InChI is InChI=1S/C14H18N2O3/c17-13(18)12-6-4-5-11(9-12)10-15-14(19)16-7-2-1-3-8-16/h4-6,9H,1-3,7-8,10H2,(H,15,19)(H,17,18). The van der Waals surface area contributed by atoms with E-state index in [9.17, 15) is 9.59 Å². The summed E-state index contributed by atoms with van der Waals surface area (Å²) in [5.41, 5.74) is 1.04. The number of benzene rings is 1. The van der Waals surface area contributed by atoms with Gasteiger partial charge in [-0.1, -0.05) is 12.1 Å². The number of rotatable bonds is 3. The molecule has 1 fully saturated rings. The van der Waals surface area contributed by atoms with Crippen LogP contribution < -0.4 is 5.32 Å². The Kier molecular flexibility index (Phi) is 4.39. The smallest absolute Gasteiger partial charge is 0.335 e. The van der Waals surface area contributed by atoms with Crippen LogP contribution in [0.2, 0.25) is 0 Å². The molecule has 0 bridgehead atoms. The predicted octanol–water partition coefficient (Wildman–Crippen LogP) is 2.08. The van der Waals surface area contributed by atoms with Gasteiger partial charge in [0.25, 0.3) is 0 Å². The minimum Gasteiger partial charge on any atom is -0.478 e. The minimum atomic E-state index is -0.954. The Hall–Kier alpha value is -2.04. The zero-order chi connectivity index (χ0) is 13.7. The normalized spacial score (nSPS) is 15.1. The van der Waals surface area contributed by atoms with Crippen LogP contribution in [0.5, 0.6) is 0 Å².